The van der Waals surface area contributed by atoms with E-state index in [4.69, 9.17) is 4.74 Å². The summed E-state index contributed by atoms with van der Waals surface area (Å²) in [6.45, 7) is 3.89. The Balaban J connectivity index is 4.29. The van der Waals surface area contributed by atoms with Gasteiger partial charge in [-0.3, -0.25) is 9.59 Å². The van der Waals surface area contributed by atoms with Gasteiger partial charge in [-0.05, 0) is 6.42 Å². The Morgan fingerprint density at radius 2 is 2.00 bits per heavy atom. The predicted molar refractivity (Wildman–Crippen MR) is 70.2 cm³/mol. The topological polar surface area (TPSA) is 67.4 Å². The highest BCUT2D eigenvalue weighted by Gasteiger charge is 2.20. The minimum absolute atomic E-state index is 0.0198. The van der Waals surface area contributed by atoms with Crippen LogP contribution in [0, 0.1) is 0 Å². The fourth-order valence-corrected chi connectivity index (χ4v) is 1.75. The summed E-state index contributed by atoms with van der Waals surface area (Å²) in [5.74, 6) is -0.180. The van der Waals surface area contributed by atoms with Crippen LogP contribution in [0.15, 0.2) is 0 Å². The van der Waals surface area contributed by atoms with Crippen molar-refractivity contribution in [2.24, 2.45) is 0 Å². The van der Waals surface area contributed by atoms with E-state index in [1.165, 1.54) is 6.92 Å². The summed E-state index contributed by atoms with van der Waals surface area (Å²) < 4.78 is 5.03. The van der Waals surface area contributed by atoms with E-state index in [1.54, 1.807) is 7.11 Å². The molecule has 0 aliphatic rings. The van der Waals surface area contributed by atoms with Gasteiger partial charge in [-0.15, -0.1) is 0 Å². The molecule has 6 heteroatoms. The van der Waals surface area contributed by atoms with Gasteiger partial charge in [0.2, 0.25) is 11.8 Å². The number of carbonyl (C=O) groups is 2. The largest absolute Gasteiger partial charge is 0.383 e. The van der Waals surface area contributed by atoms with Gasteiger partial charge in [0.1, 0.15) is 6.04 Å². The van der Waals surface area contributed by atoms with E-state index >= 15 is 0 Å². The van der Waals surface area contributed by atoms with E-state index < -0.39 is 6.04 Å². The second kappa shape index (κ2) is 9.30. The van der Waals surface area contributed by atoms with Crippen LogP contribution in [-0.2, 0) is 14.3 Å². The molecule has 0 aromatic heterocycles. The van der Waals surface area contributed by atoms with Gasteiger partial charge in [0.15, 0.2) is 0 Å². The molecule has 0 fully saturated rings. The molecule has 0 spiro atoms. The summed E-state index contributed by atoms with van der Waals surface area (Å²) in [5, 5.41) is 5.40. The molecular formula is C11H22N2O3S. The molecule has 0 aromatic carbocycles. The maximum absolute atomic E-state index is 11.8. The Morgan fingerprint density at radius 1 is 1.35 bits per heavy atom. The number of ether oxygens (including phenoxy) is 1. The van der Waals surface area contributed by atoms with Crippen LogP contribution in [0.3, 0.4) is 0 Å². The SMILES string of the molecule is CCCC(COC)NC(=O)C(CS)NC(C)=O. The van der Waals surface area contributed by atoms with Crippen LogP contribution >= 0.6 is 12.6 Å². The summed E-state index contributed by atoms with van der Waals surface area (Å²) in [4.78, 5) is 22.7. The average molecular weight is 262 g/mol. The fourth-order valence-electron chi connectivity index (χ4n) is 1.49. The van der Waals surface area contributed by atoms with Crippen molar-refractivity contribution < 1.29 is 14.3 Å². The van der Waals surface area contributed by atoms with E-state index in [2.05, 4.69) is 23.3 Å². The second-order valence-electron chi connectivity index (χ2n) is 3.89. The summed E-state index contributed by atoms with van der Waals surface area (Å²) in [7, 11) is 1.60. The van der Waals surface area contributed by atoms with Crippen LogP contribution in [0.5, 0.6) is 0 Å². The first-order valence-electron chi connectivity index (χ1n) is 5.72. The molecule has 0 rings (SSSR count). The first kappa shape index (κ1) is 16.2. The Kier molecular flexibility index (Phi) is 8.89. The Hall–Kier alpha value is -0.750. The summed E-state index contributed by atoms with van der Waals surface area (Å²) in [6.07, 6.45) is 1.80. The van der Waals surface area contributed by atoms with Crippen molar-refractivity contribution >= 4 is 24.4 Å². The molecule has 2 amide bonds. The van der Waals surface area contributed by atoms with Crippen LogP contribution in [0.4, 0.5) is 0 Å². The zero-order valence-corrected chi connectivity index (χ0v) is 11.5. The number of amides is 2. The number of carbonyl (C=O) groups excluding carboxylic acids is 2. The number of rotatable bonds is 8. The van der Waals surface area contributed by atoms with Crippen LogP contribution in [-0.4, -0.2) is 43.4 Å². The van der Waals surface area contributed by atoms with Gasteiger partial charge in [0, 0.05) is 19.8 Å². The highest BCUT2D eigenvalue weighted by molar-refractivity contribution is 7.80. The average Bonchev–Trinajstić information content (AvgIpc) is 2.26. The van der Waals surface area contributed by atoms with E-state index in [0.29, 0.717) is 6.61 Å². The molecule has 0 bridgehead atoms. The standard InChI is InChI=1S/C11H22N2O3S/c1-4-5-9(6-16-3)13-11(15)10(7-17)12-8(2)14/h9-10,17H,4-7H2,1-3H3,(H,12,14)(H,13,15). The molecular weight excluding hydrogens is 240 g/mol. The minimum Gasteiger partial charge on any atom is -0.383 e. The van der Waals surface area contributed by atoms with Crippen molar-refractivity contribution in [1.29, 1.82) is 0 Å². The Morgan fingerprint density at radius 3 is 2.41 bits per heavy atom. The van der Waals surface area contributed by atoms with Crippen LogP contribution in [0.25, 0.3) is 0 Å². The van der Waals surface area contributed by atoms with Gasteiger partial charge in [0.05, 0.1) is 12.6 Å². The molecule has 0 saturated carbocycles. The summed E-state index contributed by atoms with van der Waals surface area (Å²) >= 11 is 4.05. The van der Waals surface area contributed by atoms with Crippen molar-refractivity contribution in [2.45, 2.75) is 38.8 Å². The van der Waals surface area contributed by atoms with Gasteiger partial charge in [-0.2, -0.15) is 12.6 Å². The molecule has 2 atom stereocenters. The zero-order chi connectivity index (χ0) is 13.3. The zero-order valence-electron chi connectivity index (χ0n) is 10.7. The van der Waals surface area contributed by atoms with E-state index in [9.17, 15) is 9.59 Å². The lowest BCUT2D eigenvalue weighted by molar-refractivity contribution is -0.128. The molecule has 0 saturated heterocycles. The third-order valence-electron chi connectivity index (χ3n) is 2.23. The second-order valence-corrected chi connectivity index (χ2v) is 4.25. The predicted octanol–water partition coefficient (Wildman–Crippen LogP) is 0.352. The van der Waals surface area contributed by atoms with Crippen molar-refractivity contribution in [2.75, 3.05) is 19.5 Å². The molecule has 0 aliphatic heterocycles. The van der Waals surface area contributed by atoms with Crippen LogP contribution < -0.4 is 10.6 Å². The molecule has 0 radical (unpaired) electrons. The minimum atomic E-state index is -0.591. The lowest BCUT2D eigenvalue weighted by Crippen LogP contribution is -2.51. The maximum Gasteiger partial charge on any atom is 0.243 e. The third kappa shape index (κ3) is 7.23. The van der Waals surface area contributed by atoms with Crippen molar-refractivity contribution in [3.8, 4) is 0 Å². The van der Waals surface area contributed by atoms with Crippen molar-refractivity contribution in [1.82, 2.24) is 10.6 Å². The Labute approximate surface area is 108 Å². The van der Waals surface area contributed by atoms with E-state index in [-0.39, 0.29) is 23.6 Å². The first-order valence-corrected chi connectivity index (χ1v) is 6.35. The maximum atomic E-state index is 11.8. The highest BCUT2D eigenvalue weighted by Crippen LogP contribution is 1.99. The van der Waals surface area contributed by atoms with E-state index in [0.717, 1.165) is 12.8 Å². The van der Waals surface area contributed by atoms with Gasteiger partial charge in [0.25, 0.3) is 0 Å². The van der Waals surface area contributed by atoms with E-state index in [1.807, 2.05) is 6.92 Å². The first-order chi connectivity index (χ1) is 8.04. The fraction of sp³-hybridized carbons (Fsp3) is 0.818. The summed E-state index contributed by atoms with van der Waals surface area (Å²) in [5.41, 5.74) is 0. The number of hydrogen-bond donors (Lipinski definition) is 3. The van der Waals surface area contributed by atoms with Gasteiger partial charge in [-0.25, -0.2) is 0 Å². The van der Waals surface area contributed by atoms with Gasteiger partial charge >= 0.3 is 0 Å². The quantitative estimate of drug-likeness (QED) is 0.553. The molecule has 17 heavy (non-hydrogen) atoms. The molecule has 0 aliphatic carbocycles. The number of nitrogens with one attached hydrogen (secondary N) is 2. The third-order valence-corrected chi connectivity index (χ3v) is 2.59. The highest BCUT2D eigenvalue weighted by atomic mass is 32.1. The number of methoxy groups -OCH3 is 1. The molecule has 5 nitrogen and oxygen atoms in total. The monoisotopic (exact) mass is 262 g/mol. The molecule has 100 valence electrons. The van der Waals surface area contributed by atoms with Crippen LogP contribution in [0.1, 0.15) is 26.7 Å². The molecule has 0 aromatic rings. The molecule has 0 heterocycles. The molecule has 2 unspecified atom stereocenters. The van der Waals surface area contributed by atoms with Gasteiger partial charge < -0.3 is 15.4 Å². The van der Waals surface area contributed by atoms with Crippen molar-refractivity contribution in [3.05, 3.63) is 0 Å². The van der Waals surface area contributed by atoms with Gasteiger partial charge in [-0.1, -0.05) is 13.3 Å². The lowest BCUT2D eigenvalue weighted by Gasteiger charge is -2.21. The normalized spacial score (nSPS) is 13.9. The van der Waals surface area contributed by atoms with Crippen molar-refractivity contribution in [3.63, 3.8) is 0 Å². The number of hydrogen-bond acceptors (Lipinski definition) is 4. The number of thiol groups is 1. The summed E-state index contributed by atoms with van der Waals surface area (Å²) in [6, 6.07) is -0.610. The molecule has 2 N–H and O–H groups in total. The Bertz CT molecular complexity index is 243. The van der Waals surface area contributed by atoms with Crippen LogP contribution in [0.2, 0.25) is 0 Å². The lowest BCUT2D eigenvalue weighted by atomic mass is 10.1. The smallest absolute Gasteiger partial charge is 0.243 e.